The first-order valence-corrected chi connectivity index (χ1v) is 8.75. The van der Waals surface area contributed by atoms with Crippen LogP contribution >= 0.6 is 11.6 Å². The third-order valence-corrected chi connectivity index (χ3v) is 4.58. The molecule has 2 rings (SSSR count). The predicted molar refractivity (Wildman–Crippen MR) is 107 cm³/mol. The van der Waals surface area contributed by atoms with Crippen LogP contribution in [0.2, 0.25) is 5.02 Å². The van der Waals surface area contributed by atoms with Gasteiger partial charge in [0.2, 0.25) is 0 Å². The van der Waals surface area contributed by atoms with Crippen LogP contribution in [0.15, 0.2) is 48.2 Å². The average Bonchev–Trinajstić information content (AvgIpc) is 2.60. The van der Waals surface area contributed by atoms with Gasteiger partial charge >= 0.3 is 0 Å². The van der Waals surface area contributed by atoms with Crippen LogP contribution in [0.3, 0.4) is 0 Å². The number of benzene rings is 2. The van der Waals surface area contributed by atoms with Gasteiger partial charge in [-0.3, -0.25) is 4.79 Å². The molecule has 0 saturated heterocycles. The van der Waals surface area contributed by atoms with E-state index in [2.05, 4.69) is 24.5 Å². The molecule has 26 heavy (non-hydrogen) atoms. The van der Waals surface area contributed by atoms with Crippen LogP contribution in [-0.4, -0.2) is 5.91 Å². The van der Waals surface area contributed by atoms with Gasteiger partial charge in [0.05, 0.1) is 0 Å². The molecule has 0 saturated carbocycles. The lowest BCUT2D eigenvalue weighted by atomic mass is 9.98. The zero-order valence-electron chi connectivity index (χ0n) is 15.4. The molecule has 0 fully saturated rings. The maximum absolute atomic E-state index is 12.4. The maximum atomic E-state index is 12.4. The van der Waals surface area contributed by atoms with E-state index in [-0.39, 0.29) is 5.57 Å². The summed E-state index contributed by atoms with van der Waals surface area (Å²) < 4.78 is 0. The molecule has 0 unspecified atom stereocenters. The average molecular weight is 368 g/mol. The summed E-state index contributed by atoms with van der Waals surface area (Å²) >= 11 is 6.07. The number of para-hydroxylation sites is 1. The number of hydrogen-bond donors (Lipinski definition) is 2. The lowest BCUT2D eigenvalue weighted by molar-refractivity contribution is -0.112. The SMILES string of the molecule is Cc1cccc(C(C)C)c1N/C=C(/C#N)C(=O)Nc1cccc(Cl)c1C. The summed E-state index contributed by atoms with van der Waals surface area (Å²) in [4.78, 5) is 12.4. The number of amides is 1. The molecular weight excluding hydrogens is 346 g/mol. The fourth-order valence-corrected chi connectivity index (χ4v) is 2.77. The number of carbonyl (C=O) groups excluding carboxylic acids is 1. The fraction of sp³-hybridized carbons (Fsp3) is 0.238. The van der Waals surface area contributed by atoms with Crippen molar-refractivity contribution in [2.75, 3.05) is 10.6 Å². The molecule has 0 aromatic heterocycles. The second-order valence-corrected chi connectivity index (χ2v) is 6.78. The normalized spacial score (nSPS) is 11.2. The molecular formula is C21H22ClN3O. The van der Waals surface area contributed by atoms with E-state index in [1.54, 1.807) is 18.2 Å². The lowest BCUT2D eigenvalue weighted by Crippen LogP contribution is -2.15. The van der Waals surface area contributed by atoms with Crippen LogP contribution < -0.4 is 10.6 Å². The molecule has 0 aliphatic rings. The zero-order valence-corrected chi connectivity index (χ0v) is 16.1. The van der Waals surface area contributed by atoms with Crippen molar-refractivity contribution in [1.29, 1.82) is 5.26 Å². The highest BCUT2D eigenvalue weighted by Gasteiger charge is 2.13. The standard InChI is InChI=1S/C21H22ClN3O/c1-13(2)17-8-5-7-14(3)20(17)24-12-16(11-23)21(26)25-19-10-6-9-18(22)15(19)4/h5-10,12-13,24H,1-4H3,(H,25,26)/b16-12-. The summed E-state index contributed by atoms with van der Waals surface area (Å²) in [6, 6.07) is 13.2. The molecule has 1 amide bonds. The molecule has 0 radical (unpaired) electrons. The minimum atomic E-state index is -0.481. The van der Waals surface area contributed by atoms with Gasteiger partial charge in [-0.2, -0.15) is 5.26 Å². The van der Waals surface area contributed by atoms with Crippen molar-refractivity contribution >= 4 is 28.9 Å². The van der Waals surface area contributed by atoms with E-state index in [4.69, 9.17) is 11.6 Å². The van der Waals surface area contributed by atoms with Gasteiger partial charge in [0.1, 0.15) is 11.6 Å². The Morgan fingerprint density at radius 3 is 2.54 bits per heavy atom. The molecule has 5 heteroatoms. The molecule has 0 aliphatic heterocycles. The Labute approximate surface area is 159 Å². The molecule has 2 aromatic carbocycles. The van der Waals surface area contributed by atoms with Crippen LogP contribution in [0.25, 0.3) is 0 Å². The van der Waals surface area contributed by atoms with Gasteiger partial charge in [0, 0.05) is 22.6 Å². The molecule has 134 valence electrons. The highest BCUT2D eigenvalue weighted by molar-refractivity contribution is 6.31. The van der Waals surface area contributed by atoms with Crippen molar-refractivity contribution in [3.05, 3.63) is 69.9 Å². The van der Waals surface area contributed by atoms with E-state index in [1.807, 2.05) is 38.1 Å². The second kappa shape index (κ2) is 8.55. The van der Waals surface area contributed by atoms with Crippen molar-refractivity contribution in [2.24, 2.45) is 0 Å². The smallest absolute Gasteiger partial charge is 0.267 e. The first kappa shape index (κ1) is 19.6. The number of halogens is 1. The topological polar surface area (TPSA) is 64.9 Å². The van der Waals surface area contributed by atoms with E-state index >= 15 is 0 Å². The lowest BCUT2D eigenvalue weighted by Gasteiger charge is -2.15. The Hall–Kier alpha value is -2.77. The van der Waals surface area contributed by atoms with Gasteiger partial charge in [-0.15, -0.1) is 0 Å². The molecule has 0 aliphatic carbocycles. The number of carbonyl (C=O) groups is 1. The molecule has 0 bridgehead atoms. The quantitative estimate of drug-likeness (QED) is 0.538. The van der Waals surface area contributed by atoms with Gasteiger partial charge < -0.3 is 10.6 Å². The summed E-state index contributed by atoms with van der Waals surface area (Å²) in [5.41, 5.74) is 4.43. The van der Waals surface area contributed by atoms with Crippen LogP contribution in [0.4, 0.5) is 11.4 Å². The number of hydrogen-bond acceptors (Lipinski definition) is 3. The number of anilines is 2. The molecule has 0 spiro atoms. The van der Waals surface area contributed by atoms with Gasteiger partial charge in [-0.25, -0.2) is 0 Å². The van der Waals surface area contributed by atoms with Crippen molar-refractivity contribution in [3.8, 4) is 6.07 Å². The van der Waals surface area contributed by atoms with E-state index in [0.29, 0.717) is 16.6 Å². The largest absolute Gasteiger partial charge is 0.360 e. The summed E-state index contributed by atoms with van der Waals surface area (Å²) in [5, 5.41) is 15.8. The van der Waals surface area contributed by atoms with Crippen molar-refractivity contribution in [3.63, 3.8) is 0 Å². The highest BCUT2D eigenvalue weighted by atomic mass is 35.5. The highest BCUT2D eigenvalue weighted by Crippen LogP contribution is 2.28. The van der Waals surface area contributed by atoms with Crippen molar-refractivity contribution in [1.82, 2.24) is 0 Å². The van der Waals surface area contributed by atoms with Gasteiger partial charge in [-0.05, 0) is 48.6 Å². The van der Waals surface area contributed by atoms with Crippen molar-refractivity contribution in [2.45, 2.75) is 33.6 Å². The minimum absolute atomic E-state index is 0.0117. The number of nitrogens with one attached hydrogen (secondary N) is 2. The molecule has 4 nitrogen and oxygen atoms in total. The second-order valence-electron chi connectivity index (χ2n) is 6.37. The van der Waals surface area contributed by atoms with Crippen LogP contribution in [-0.2, 0) is 4.79 Å². The first-order chi connectivity index (χ1) is 12.3. The third kappa shape index (κ3) is 4.44. The van der Waals surface area contributed by atoms with Crippen LogP contribution in [0.5, 0.6) is 0 Å². The zero-order chi connectivity index (χ0) is 19.3. The fourth-order valence-electron chi connectivity index (χ4n) is 2.59. The Balaban J connectivity index is 2.25. The van der Waals surface area contributed by atoms with Gasteiger partial charge in [0.15, 0.2) is 0 Å². The summed E-state index contributed by atoms with van der Waals surface area (Å²) in [6.07, 6.45) is 1.45. The maximum Gasteiger partial charge on any atom is 0.267 e. The van der Waals surface area contributed by atoms with E-state index in [1.165, 1.54) is 6.20 Å². The third-order valence-electron chi connectivity index (χ3n) is 4.17. The summed E-state index contributed by atoms with van der Waals surface area (Å²) in [5.74, 6) is -0.163. The summed E-state index contributed by atoms with van der Waals surface area (Å²) in [6.45, 7) is 8.00. The number of aryl methyl sites for hydroxylation is 1. The molecule has 2 N–H and O–H groups in total. The minimum Gasteiger partial charge on any atom is -0.360 e. The van der Waals surface area contributed by atoms with E-state index < -0.39 is 5.91 Å². The molecule has 2 aromatic rings. The van der Waals surface area contributed by atoms with Gasteiger partial charge in [0.25, 0.3) is 5.91 Å². The van der Waals surface area contributed by atoms with E-state index in [0.717, 1.165) is 22.4 Å². The molecule has 0 atom stereocenters. The van der Waals surface area contributed by atoms with Crippen molar-refractivity contribution < 1.29 is 4.79 Å². The Morgan fingerprint density at radius 2 is 1.88 bits per heavy atom. The number of rotatable bonds is 5. The molecule has 0 heterocycles. The Kier molecular flexibility index (Phi) is 6.43. The van der Waals surface area contributed by atoms with Crippen LogP contribution in [0, 0.1) is 25.2 Å². The van der Waals surface area contributed by atoms with Crippen LogP contribution in [0.1, 0.15) is 36.5 Å². The predicted octanol–water partition coefficient (Wildman–Crippen LogP) is 5.54. The number of nitrogens with zero attached hydrogens (tertiary/aromatic N) is 1. The Morgan fingerprint density at radius 1 is 1.19 bits per heavy atom. The first-order valence-electron chi connectivity index (χ1n) is 8.38. The monoisotopic (exact) mass is 367 g/mol. The number of nitriles is 1. The summed E-state index contributed by atoms with van der Waals surface area (Å²) in [7, 11) is 0. The van der Waals surface area contributed by atoms with Gasteiger partial charge in [-0.1, -0.05) is 49.7 Å². The Bertz CT molecular complexity index is 895. The van der Waals surface area contributed by atoms with E-state index in [9.17, 15) is 10.1 Å².